The summed E-state index contributed by atoms with van der Waals surface area (Å²) in [7, 11) is -3.69. The third kappa shape index (κ3) is 2.68. The standard InChI is InChI=1S/C12H18N4O4S/c17-12(15-4-6-20-7-5-15)10-2-1-3-16(10)21(18,19)11-8-13-9-14-11/h8-10H,1-7H2,(H,13,14). The zero-order valence-electron chi connectivity index (χ0n) is 11.6. The van der Waals surface area contributed by atoms with Gasteiger partial charge >= 0.3 is 0 Å². The lowest BCUT2D eigenvalue weighted by atomic mass is 10.2. The van der Waals surface area contributed by atoms with E-state index in [1.165, 1.54) is 16.8 Å². The molecule has 2 fully saturated rings. The van der Waals surface area contributed by atoms with Crippen molar-refractivity contribution in [3.63, 3.8) is 0 Å². The van der Waals surface area contributed by atoms with Gasteiger partial charge in [-0.15, -0.1) is 0 Å². The van der Waals surface area contributed by atoms with Gasteiger partial charge < -0.3 is 14.6 Å². The maximum absolute atomic E-state index is 12.6. The van der Waals surface area contributed by atoms with Crippen molar-refractivity contribution in [1.29, 1.82) is 0 Å². The van der Waals surface area contributed by atoms with E-state index in [-0.39, 0.29) is 10.9 Å². The summed E-state index contributed by atoms with van der Waals surface area (Å²) >= 11 is 0. The molecule has 1 unspecified atom stereocenters. The number of hydrogen-bond donors (Lipinski definition) is 1. The summed E-state index contributed by atoms with van der Waals surface area (Å²) < 4.78 is 31.6. The second-order valence-corrected chi connectivity index (χ2v) is 6.99. The lowest BCUT2D eigenvalue weighted by molar-refractivity contribution is -0.138. The molecule has 0 saturated carbocycles. The van der Waals surface area contributed by atoms with E-state index in [4.69, 9.17) is 4.74 Å². The predicted octanol–water partition coefficient (Wildman–Crippen LogP) is -0.578. The molecule has 0 radical (unpaired) electrons. The number of sulfonamides is 1. The monoisotopic (exact) mass is 314 g/mol. The Morgan fingerprint density at radius 3 is 2.76 bits per heavy atom. The first-order valence-electron chi connectivity index (χ1n) is 6.97. The highest BCUT2D eigenvalue weighted by Crippen LogP contribution is 2.26. The number of aromatic nitrogens is 2. The Balaban J connectivity index is 1.81. The van der Waals surface area contributed by atoms with E-state index < -0.39 is 16.1 Å². The molecule has 0 aromatic carbocycles. The number of hydrogen-bond acceptors (Lipinski definition) is 5. The third-order valence-electron chi connectivity index (χ3n) is 3.87. The smallest absolute Gasteiger partial charge is 0.260 e. The zero-order chi connectivity index (χ0) is 14.9. The molecule has 0 aliphatic carbocycles. The Kier molecular flexibility index (Phi) is 3.96. The van der Waals surface area contributed by atoms with Gasteiger partial charge in [-0.3, -0.25) is 4.79 Å². The average molecular weight is 314 g/mol. The fourth-order valence-corrected chi connectivity index (χ4v) is 4.33. The minimum Gasteiger partial charge on any atom is -0.378 e. The van der Waals surface area contributed by atoms with E-state index in [1.807, 2.05) is 0 Å². The molecule has 21 heavy (non-hydrogen) atoms. The Bertz CT molecular complexity index is 595. The maximum atomic E-state index is 12.6. The molecule has 0 spiro atoms. The molecule has 1 amide bonds. The van der Waals surface area contributed by atoms with Gasteiger partial charge in [0.25, 0.3) is 10.0 Å². The number of amides is 1. The van der Waals surface area contributed by atoms with Crippen LogP contribution in [0, 0.1) is 0 Å². The number of ether oxygens (including phenoxy) is 1. The van der Waals surface area contributed by atoms with Crippen molar-refractivity contribution in [1.82, 2.24) is 19.2 Å². The Hall–Kier alpha value is -1.45. The second-order valence-electron chi connectivity index (χ2n) is 5.13. The lowest BCUT2D eigenvalue weighted by Gasteiger charge is -2.31. The van der Waals surface area contributed by atoms with Crippen molar-refractivity contribution in [2.45, 2.75) is 23.9 Å². The van der Waals surface area contributed by atoms with Gasteiger partial charge in [0, 0.05) is 19.6 Å². The Morgan fingerprint density at radius 2 is 2.10 bits per heavy atom. The number of H-pyrrole nitrogens is 1. The van der Waals surface area contributed by atoms with Crippen molar-refractivity contribution in [2.75, 3.05) is 32.8 Å². The molecule has 1 aromatic rings. The summed E-state index contributed by atoms with van der Waals surface area (Å²) in [6.07, 6.45) is 3.84. The van der Waals surface area contributed by atoms with E-state index >= 15 is 0 Å². The van der Waals surface area contributed by atoms with Crippen LogP contribution in [0.25, 0.3) is 0 Å². The summed E-state index contributed by atoms with van der Waals surface area (Å²) in [6.45, 7) is 2.42. The van der Waals surface area contributed by atoms with E-state index in [2.05, 4.69) is 9.97 Å². The van der Waals surface area contributed by atoms with E-state index in [0.29, 0.717) is 45.7 Å². The van der Waals surface area contributed by atoms with Crippen molar-refractivity contribution in [2.24, 2.45) is 0 Å². The van der Waals surface area contributed by atoms with Crippen molar-refractivity contribution < 1.29 is 17.9 Å². The summed E-state index contributed by atoms with van der Waals surface area (Å²) in [5.41, 5.74) is 0. The number of nitrogens with one attached hydrogen (secondary N) is 1. The molecular formula is C12H18N4O4S. The topological polar surface area (TPSA) is 95.6 Å². The molecule has 3 rings (SSSR count). The first-order chi connectivity index (χ1) is 10.1. The van der Waals surface area contributed by atoms with Gasteiger partial charge in [0.1, 0.15) is 6.04 Å². The number of morpholine rings is 1. The van der Waals surface area contributed by atoms with Crippen LogP contribution in [0.1, 0.15) is 12.8 Å². The number of carbonyl (C=O) groups excluding carboxylic acids is 1. The van der Waals surface area contributed by atoms with Crippen molar-refractivity contribution in [3.05, 3.63) is 12.5 Å². The second kappa shape index (κ2) is 5.74. The molecule has 2 saturated heterocycles. The van der Waals surface area contributed by atoms with Crippen LogP contribution in [-0.2, 0) is 19.6 Å². The van der Waals surface area contributed by atoms with Gasteiger partial charge in [0.15, 0.2) is 5.03 Å². The van der Waals surface area contributed by atoms with E-state index in [1.54, 1.807) is 4.90 Å². The molecule has 3 heterocycles. The third-order valence-corrected chi connectivity index (χ3v) is 5.70. The van der Waals surface area contributed by atoms with Gasteiger partial charge in [-0.1, -0.05) is 0 Å². The number of rotatable bonds is 3. The SMILES string of the molecule is O=C(C1CCCN1S(=O)(=O)c1cnc[nH]1)N1CCOCC1. The van der Waals surface area contributed by atoms with Crippen LogP contribution in [0.15, 0.2) is 17.6 Å². The van der Waals surface area contributed by atoms with Crippen LogP contribution < -0.4 is 0 Å². The summed E-state index contributed by atoms with van der Waals surface area (Å²) in [5, 5.41) is 0.0316. The van der Waals surface area contributed by atoms with Crippen molar-refractivity contribution in [3.8, 4) is 0 Å². The molecule has 0 bridgehead atoms. The highest BCUT2D eigenvalue weighted by molar-refractivity contribution is 7.89. The molecule has 2 aliphatic heterocycles. The van der Waals surface area contributed by atoms with E-state index in [9.17, 15) is 13.2 Å². The number of nitrogens with zero attached hydrogens (tertiary/aromatic N) is 3. The number of carbonyl (C=O) groups is 1. The van der Waals surface area contributed by atoms with Gasteiger partial charge in [0.05, 0.1) is 25.7 Å². The zero-order valence-corrected chi connectivity index (χ0v) is 12.4. The largest absolute Gasteiger partial charge is 0.378 e. The minimum atomic E-state index is -3.69. The quantitative estimate of drug-likeness (QED) is 0.805. The van der Waals surface area contributed by atoms with Crippen LogP contribution in [-0.4, -0.2) is 72.4 Å². The Morgan fingerprint density at radius 1 is 1.33 bits per heavy atom. The molecule has 9 heteroatoms. The van der Waals surface area contributed by atoms with Gasteiger partial charge in [-0.25, -0.2) is 13.4 Å². The normalized spacial score (nSPS) is 24.4. The highest BCUT2D eigenvalue weighted by atomic mass is 32.2. The first kappa shape index (κ1) is 14.5. The molecule has 116 valence electrons. The summed E-state index contributed by atoms with van der Waals surface area (Å²) in [5.74, 6) is -0.126. The molecular weight excluding hydrogens is 296 g/mol. The van der Waals surface area contributed by atoms with Gasteiger partial charge in [0.2, 0.25) is 5.91 Å². The van der Waals surface area contributed by atoms with Crippen LogP contribution in [0.2, 0.25) is 0 Å². The molecule has 1 atom stereocenters. The van der Waals surface area contributed by atoms with E-state index in [0.717, 1.165) is 0 Å². The molecule has 1 aromatic heterocycles. The van der Waals surface area contributed by atoms with Crippen LogP contribution in [0.5, 0.6) is 0 Å². The lowest BCUT2D eigenvalue weighted by Crippen LogP contribution is -2.51. The maximum Gasteiger partial charge on any atom is 0.260 e. The average Bonchev–Trinajstić information content (AvgIpc) is 3.19. The van der Waals surface area contributed by atoms with Gasteiger partial charge in [-0.05, 0) is 12.8 Å². The Labute approximate surface area is 123 Å². The highest BCUT2D eigenvalue weighted by Gasteiger charge is 2.41. The predicted molar refractivity (Wildman–Crippen MR) is 72.9 cm³/mol. The molecule has 1 N–H and O–H groups in total. The fraction of sp³-hybridized carbons (Fsp3) is 0.667. The van der Waals surface area contributed by atoms with Crippen LogP contribution in [0.3, 0.4) is 0 Å². The van der Waals surface area contributed by atoms with Crippen molar-refractivity contribution >= 4 is 15.9 Å². The van der Waals surface area contributed by atoms with Crippen LogP contribution in [0.4, 0.5) is 0 Å². The minimum absolute atomic E-state index is 0.0316. The van der Waals surface area contributed by atoms with Crippen LogP contribution >= 0.6 is 0 Å². The summed E-state index contributed by atoms with van der Waals surface area (Å²) in [6, 6.07) is -0.614. The molecule has 8 nitrogen and oxygen atoms in total. The number of imidazole rings is 1. The molecule has 2 aliphatic rings. The fourth-order valence-electron chi connectivity index (χ4n) is 2.78. The first-order valence-corrected chi connectivity index (χ1v) is 8.41. The van der Waals surface area contributed by atoms with Gasteiger partial charge in [-0.2, -0.15) is 4.31 Å². The number of aromatic amines is 1. The summed E-state index contributed by atoms with van der Waals surface area (Å²) in [4.78, 5) is 20.6.